The molecule has 1 unspecified atom stereocenters. The van der Waals surface area contributed by atoms with Crippen LogP contribution < -0.4 is 0 Å². The van der Waals surface area contributed by atoms with E-state index >= 15 is 0 Å². The Balaban J connectivity index is 2.13. The second kappa shape index (κ2) is 3.76. The van der Waals surface area contributed by atoms with Crippen LogP contribution in [-0.2, 0) is 11.2 Å². The van der Waals surface area contributed by atoms with Gasteiger partial charge in [0, 0.05) is 6.61 Å². The smallest absolute Gasteiger partial charge is 0.169 e. The van der Waals surface area contributed by atoms with Crippen LogP contribution in [0.15, 0.2) is 21.4 Å². The van der Waals surface area contributed by atoms with Gasteiger partial charge in [-0.3, -0.25) is 0 Å². The number of rotatable bonds is 2. The lowest BCUT2D eigenvalue weighted by Crippen LogP contribution is -2.21. The molecule has 0 saturated carbocycles. The number of ether oxygens (including phenoxy) is 1. The van der Waals surface area contributed by atoms with Crippen LogP contribution in [-0.4, -0.2) is 13.2 Å². The van der Waals surface area contributed by atoms with Gasteiger partial charge in [-0.05, 0) is 40.4 Å². The van der Waals surface area contributed by atoms with E-state index in [1.807, 2.05) is 6.07 Å². The number of nitriles is 1. The Bertz CT molecular complexity index is 360. The monoisotopic (exact) mass is 255 g/mol. The lowest BCUT2D eigenvalue weighted by atomic mass is 9.83. The number of hydrogen-bond acceptors (Lipinski definition) is 3. The van der Waals surface area contributed by atoms with Gasteiger partial charge in [0.1, 0.15) is 0 Å². The van der Waals surface area contributed by atoms with Crippen molar-refractivity contribution in [3.05, 3.63) is 22.6 Å². The van der Waals surface area contributed by atoms with E-state index < -0.39 is 0 Å². The summed E-state index contributed by atoms with van der Waals surface area (Å²) < 4.78 is 11.1. The summed E-state index contributed by atoms with van der Waals surface area (Å²) in [6.07, 6.45) is 3.20. The summed E-state index contributed by atoms with van der Waals surface area (Å²) >= 11 is 3.24. The van der Waals surface area contributed by atoms with Gasteiger partial charge in [-0.15, -0.1) is 0 Å². The quantitative estimate of drug-likeness (QED) is 0.816. The van der Waals surface area contributed by atoms with E-state index in [1.54, 1.807) is 6.26 Å². The Kier molecular flexibility index (Phi) is 2.62. The second-order valence-corrected chi connectivity index (χ2v) is 4.41. The SMILES string of the molecule is N#CC1(Cc2coc(Br)c2)CCOC1. The van der Waals surface area contributed by atoms with Crippen molar-refractivity contribution in [1.82, 2.24) is 0 Å². The Morgan fingerprint density at radius 3 is 3.00 bits per heavy atom. The summed E-state index contributed by atoms with van der Waals surface area (Å²) in [6, 6.07) is 4.25. The van der Waals surface area contributed by atoms with Gasteiger partial charge in [0.15, 0.2) is 4.67 Å². The maximum absolute atomic E-state index is 9.11. The molecule has 1 aliphatic rings. The van der Waals surface area contributed by atoms with Gasteiger partial charge >= 0.3 is 0 Å². The van der Waals surface area contributed by atoms with Crippen LogP contribution in [0.5, 0.6) is 0 Å². The van der Waals surface area contributed by atoms with Crippen molar-refractivity contribution in [2.75, 3.05) is 13.2 Å². The highest BCUT2D eigenvalue weighted by molar-refractivity contribution is 9.10. The van der Waals surface area contributed by atoms with Crippen molar-refractivity contribution in [1.29, 1.82) is 5.26 Å². The summed E-state index contributed by atoms with van der Waals surface area (Å²) in [7, 11) is 0. The second-order valence-electron chi connectivity index (χ2n) is 3.63. The minimum atomic E-state index is -0.344. The molecule has 0 radical (unpaired) electrons. The first-order valence-corrected chi connectivity index (χ1v) is 5.25. The van der Waals surface area contributed by atoms with Gasteiger partial charge in [-0.1, -0.05) is 0 Å². The van der Waals surface area contributed by atoms with Crippen LogP contribution in [0.3, 0.4) is 0 Å². The number of hydrogen-bond donors (Lipinski definition) is 0. The molecule has 2 rings (SSSR count). The molecule has 1 fully saturated rings. The third-order valence-corrected chi connectivity index (χ3v) is 2.92. The Labute approximate surface area is 90.8 Å². The summed E-state index contributed by atoms with van der Waals surface area (Å²) in [5.74, 6) is 0. The highest BCUT2D eigenvalue weighted by Gasteiger charge is 2.35. The molecule has 14 heavy (non-hydrogen) atoms. The zero-order valence-electron chi connectivity index (χ0n) is 7.62. The molecule has 74 valence electrons. The van der Waals surface area contributed by atoms with Gasteiger partial charge in [0.25, 0.3) is 0 Å². The molecule has 0 aromatic carbocycles. The molecule has 1 aliphatic heterocycles. The fourth-order valence-electron chi connectivity index (χ4n) is 1.70. The molecule has 3 nitrogen and oxygen atoms in total. The molecule has 1 aromatic rings. The summed E-state index contributed by atoms with van der Waals surface area (Å²) in [5, 5.41) is 9.11. The maximum atomic E-state index is 9.11. The number of halogens is 1. The van der Waals surface area contributed by atoms with E-state index in [0.29, 0.717) is 24.3 Å². The van der Waals surface area contributed by atoms with Crippen molar-refractivity contribution in [3.8, 4) is 6.07 Å². The molecular formula is C10H10BrNO2. The van der Waals surface area contributed by atoms with Gasteiger partial charge in [0.05, 0.1) is 24.4 Å². The lowest BCUT2D eigenvalue weighted by Gasteiger charge is -2.16. The van der Waals surface area contributed by atoms with Crippen LogP contribution in [0.2, 0.25) is 0 Å². The molecule has 0 N–H and O–H groups in total. The van der Waals surface area contributed by atoms with Gasteiger partial charge in [-0.25, -0.2) is 0 Å². The van der Waals surface area contributed by atoms with Crippen LogP contribution in [0.25, 0.3) is 0 Å². The van der Waals surface area contributed by atoms with E-state index in [2.05, 4.69) is 22.0 Å². The minimum absolute atomic E-state index is 0.344. The number of nitrogens with zero attached hydrogens (tertiary/aromatic N) is 1. The van der Waals surface area contributed by atoms with Crippen LogP contribution >= 0.6 is 15.9 Å². The van der Waals surface area contributed by atoms with Crippen LogP contribution in [0, 0.1) is 16.7 Å². The topological polar surface area (TPSA) is 46.2 Å². The van der Waals surface area contributed by atoms with Crippen molar-refractivity contribution in [2.45, 2.75) is 12.8 Å². The summed E-state index contributed by atoms with van der Waals surface area (Å²) in [5.41, 5.74) is 0.701. The van der Waals surface area contributed by atoms with Crippen molar-refractivity contribution in [2.24, 2.45) is 5.41 Å². The third-order valence-electron chi connectivity index (χ3n) is 2.50. The average Bonchev–Trinajstić information content (AvgIpc) is 2.77. The fraction of sp³-hybridized carbons (Fsp3) is 0.500. The van der Waals surface area contributed by atoms with Crippen molar-refractivity contribution < 1.29 is 9.15 Å². The van der Waals surface area contributed by atoms with E-state index in [9.17, 15) is 0 Å². The van der Waals surface area contributed by atoms with Gasteiger partial charge in [-0.2, -0.15) is 5.26 Å². The first-order chi connectivity index (χ1) is 6.74. The van der Waals surface area contributed by atoms with Crippen LogP contribution in [0.4, 0.5) is 0 Å². The Morgan fingerprint density at radius 1 is 1.64 bits per heavy atom. The first-order valence-electron chi connectivity index (χ1n) is 4.46. The van der Waals surface area contributed by atoms with Crippen LogP contribution in [0.1, 0.15) is 12.0 Å². The van der Waals surface area contributed by atoms with Crippen molar-refractivity contribution >= 4 is 15.9 Å². The molecular weight excluding hydrogens is 246 g/mol. The molecule has 4 heteroatoms. The molecule has 1 aromatic heterocycles. The standard InChI is InChI=1S/C10H10BrNO2/c11-9-3-8(5-14-9)4-10(6-12)1-2-13-7-10/h3,5H,1-2,4,7H2. The predicted molar refractivity (Wildman–Crippen MR) is 53.6 cm³/mol. The largest absolute Gasteiger partial charge is 0.457 e. The molecule has 0 aliphatic carbocycles. The molecule has 0 amide bonds. The third kappa shape index (κ3) is 1.84. The van der Waals surface area contributed by atoms with Gasteiger partial charge in [0.2, 0.25) is 0 Å². The Hall–Kier alpha value is -0.790. The lowest BCUT2D eigenvalue weighted by molar-refractivity contribution is 0.171. The maximum Gasteiger partial charge on any atom is 0.169 e. The van der Waals surface area contributed by atoms with Crippen molar-refractivity contribution in [3.63, 3.8) is 0 Å². The number of furan rings is 1. The highest BCUT2D eigenvalue weighted by atomic mass is 79.9. The molecule has 0 spiro atoms. The van der Waals surface area contributed by atoms with E-state index in [-0.39, 0.29) is 5.41 Å². The van der Waals surface area contributed by atoms with E-state index in [1.165, 1.54) is 0 Å². The fourth-order valence-corrected chi connectivity index (χ4v) is 2.09. The first kappa shape index (κ1) is 9.75. The Morgan fingerprint density at radius 2 is 2.50 bits per heavy atom. The van der Waals surface area contributed by atoms with Gasteiger partial charge < -0.3 is 9.15 Å². The average molecular weight is 256 g/mol. The summed E-state index contributed by atoms with van der Waals surface area (Å²) in [4.78, 5) is 0. The predicted octanol–water partition coefficient (Wildman–Crippen LogP) is 2.51. The highest BCUT2D eigenvalue weighted by Crippen LogP contribution is 2.32. The minimum Gasteiger partial charge on any atom is -0.457 e. The normalized spacial score (nSPS) is 26.3. The zero-order valence-corrected chi connectivity index (χ0v) is 9.21. The zero-order chi connectivity index (χ0) is 10.0. The molecule has 1 saturated heterocycles. The molecule has 0 bridgehead atoms. The summed E-state index contributed by atoms with van der Waals surface area (Å²) in [6.45, 7) is 1.22. The van der Waals surface area contributed by atoms with E-state index in [4.69, 9.17) is 14.4 Å². The molecule has 2 heterocycles. The van der Waals surface area contributed by atoms with E-state index in [0.717, 1.165) is 12.0 Å². The molecule has 1 atom stereocenters.